The summed E-state index contributed by atoms with van der Waals surface area (Å²) in [4.78, 5) is 12.2. The minimum Gasteiger partial charge on any atom is -0.294 e. The molecule has 1 aliphatic rings. The quantitative estimate of drug-likeness (QED) is 0.538. The molecule has 1 atom stereocenters. The highest BCUT2D eigenvalue weighted by atomic mass is 16.1. The Hall–Kier alpha value is -1.37. The van der Waals surface area contributed by atoms with E-state index in [0.29, 0.717) is 5.78 Å². The number of hydrogen-bond acceptors (Lipinski definition) is 1. The third kappa shape index (κ3) is 2.01. The standard InChI is InChI=1S/C14H16O/c1-2-11-9-6-10-13(11)14(15)12-7-4-3-5-8-12/h3-5,7-9,13H,2,6,10H2,1H3. The van der Waals surface area contributed by atoms with Gasteiger partial charge in [0.05, 0.1) is 0 Å². The van der Waals surface area contributed by atoms with Crippen molar-refractivity contribution in [1.29, 1.82) is 0 Å². The molecule has 1 aromatic carbocycles. The Morgan fingerprint density at radius 2 is 2.07 bits per heavy atom. The first-order valence-electron chi connectivity index (χ1n) is 5.61. The predicted molar refractivity (Wildman–Crippen MR) is 61.9 cm³/mol. The molecule has 0 saturated heterocycles. The molecule has 0 heterocycles. The summed E-state index contributed by atoms with van der Waals surface area (Å²) in [6, 6.07) is 9.62. The predicted octanol–water partition coefficient (Wildman–Crippen LogP) is 3.62. The van der Waals surface area contributed by atoms with Crippen LogP contribution in [0.1, 0.15) is 36.5 Å². The van der Waals surface area contributed by atoms with Gasteiger partial charge in [-0.15, -0.1) is 0 Å². The molecule has 0 saturated carbocycles. The van der Waals surface area contributed by atoms with Gasteiger partial charge in [0.1, 0.15) is 0 Å². The second-order valence-electron chi connectivity index (χ2n) is 3.99. The zero-order valence-corrected chi connectivity index (χ0v) is 9.07. The Balaban J connectivity index is 2.19. The molecule has 0 amide bonds. The highest BCUT2D eigenvalue weighted by molar-refractivity contribution is 5.99. The van der Waals surface area contributed by atoms with Crippen LogP contribution < -0.4 is 0 Å². The first kappa shape index (κ1) is 10.2. The van der Waals surface area contributed by atoms with Crippen LogP contribution in [-0.4, -0.2) is 5.78 Å². The summed E-state index contributed by atoms with van der Waals surface area (Å²) in [6.45, 7) is 2.13. The lowest BCUT2D eigenvalue weighted by Crippen LogP contribution is -2.13. The monoisotopic (exact) mass is 200 g/mol. The smallest absolute Gasteiger partial charge is 0.169 e. The third-order valence-corrected chi connectivity index (χ3v) is 3.09. The first-order valence-corrected chi connectivity index (χ1v) is 5.61. The van der Waals surface area contributed by atoms with Crippen LogP contribution in [0.5, 0.6) is 0 Å². The molecule has 0 bridgehead atoms. The molecule has 0 N–H and O–H groups in total. The van der Waals surface area contributed by atoms with E-state index < -0.39 is 0 Å². The molecule has 15 heavy (non-hydrogen) atoms. The molecule has 0 fully saturated rings. The summed E-state index contributed by atoms with van der Waals surface area (Å²) in [5.41, 5.74) is 2.17. The Bertz CT molecular complexity index is 376. The number of carbonyl (C=O) groups excluding carboxylic acids is 1. The van der Waals surface area contributed by atoms with Crippen molar-refractivity contribution in [2.75, 3.05) is 0 Å². The molecule has 1 aliphatic carbocycles. The maximum Gasteiger partial charge on any atom is 0.169 e. The van der Waals surface area contributed by atoms with E-state index in [1.54, 1.807) is 0 Å². The van der Waals surface area contributed by atoms with Gasteiger partial charge in [-0.2, -0.15) is 0 Å². The maximum absolute atomic E-state index is 12.2. The van der Waals surface area contributed by atoms with Crippen molar-refractivity contribution in [2.45, 2.75) is 26.2 Å². The molecule has 0 aromatic heterocycles. The number of rotatable bonds is 3. The SMILES string of the molecule is CCC1=CCCC1C(=O)c1ccccc1. The Morgan fingerprint density at radius 3 is 2.73 bits per heavy atom. The number of carbonyl (C=O) groups is 1. The Morgan fingerprint density at radius 1 is 1.33 bits per heavy atom. The fourth-order valence-corrected chi connectivity index (χ4v) is 2.26. The summed E-state index contributed by atoms with van der Waals surface area (Å²) >= 11 is 0. The molecule has 1 unspecified atom stereocenters. The van der Waals surface area contributed by atoms with E-state index in [4.69, 9.17) is 0 Å². The molecule has 0 aliphatic heterocycles. The van der Waals surface area contributed by atoms with Crippen LogP contribution in [0.2, 0.25) is 0 Å². The molecule has 0 radical (unpaired) electrons. The van der Waals surface area contributed by atoms with Crippen LogP contribution in [0.25, 0.3) is 0 Å². The van der Waals surface area contributed by atoms with Crippen molar-refractivity contribution in [2.24, 2.45) is 5.92 Å². The van der Waals surface area contributed by atoms with E-state index in [9.17, 15) is 4.79 Å². The molecule has 1 aromatic rings. The third-order valence-electron chi connectivity index (χ3n) is 3.09. The maximum atomic E-state index is 12.2. The topological polar surface area (TPSA) is 17.1 Å². The van der Waals surface area contributed by atoms with Gasteiger partial charge in [0, 0.05) is 11.5 Å². The van der Waals surface area contributed by atoms with Gasteiger partial charge in [0.2, 0.25) is 0 Å². The van der Waals surface area contributed by atoms with Crippen LogP contribution in [0.3, 0.4) is 0 Å². The Kier molecular flexibility index (Phi) is 3.00. The summed E-state index contributed by atoms with van der Waals surface area (Å²) in [7, 11) is 0. The summed E-state index contributed by atoms with van der Waals surface area (Å²) < 4.78 is 0. The second kappa shape index (κ2) is 4.43. The molecule has 78 valence electrons. The number of allylic oxidation sites excluding steroid dienone is 2. The van der Waals surface area contributed by atoms with Gasteiger partial charge >= 0.3 is 0 Å². The van der Waals surface area contributed by atoms with Crippen LogP contribution in [0, 0.1) is 5.92 Å². The minimum atomic E-state index is 0.150. The van der Waals surface area contributed by atoms with Crippen LogP contribution in [0.15, 0.2) is 42.0 Å². The zero-order chi connectivity index (χ0) is 10.7. The van der Waals surface area contributed by atoms with Crippen molar-refractivity contribution >= 4 is 5.78 Å². The summed E-state index contributed by atoms with van der Waals surface area (Å²) in [5.74, 6) is 0.443. The number of benzene rings is 1. The molecule has 1 heteroatoms. The lowest BCUT2D eigenvalue weighted by molar-refractivity contribution is 0.0938. The van der Waals surface area contributed by atoms with E-state index in [-0.39, 0.29) is 5.92 Å². The van der Waals surface area contributed by atoms with Crippen molar-refractivity contribution < 1.29 is 4.79 Å². The number of ketones is 1. The molecule has 0 spiro atoms. The fraction of sp³-hybridized carbons (Fsp3) is 0.357. The summed E-state index contributed by atoms with van der Waals surface area (Å²) in [6.07, 6.45) is 5.29. The van der Waals surface area contributed by atoms with Crippen LogP contribution in [0.4, 0.5) is 0 Å². The number of hydrogen-bond donors (Lipinski definition) is 0. The normalized spacial score (nSPS) is 20.1. The lowest BCUT2D eigenvalue weighted by atomic mass is 9.91. The van der Waals surface area contributed by atoms with Crippen LogP contribution >= 0.6 is 0 Å². The van der Waals surface area contributed by atoms with Gasteiger partial charge in [-0.3, -0.25) is 4.79 Å². The van der Waals surface area contributed by atoms with Gasteiger partial charge in [-0.1, -0.05) is 48.9 Å². The van der Waals surface area contributed by atoms with Crippen molar-refractivity contribution in [3.05, 3.63) is 47.5 Å². The van der Waals surface area contributed by atoms with Crippen molar-refractivity contribution in [1.82, 2.24) is 0 Å². The summed E-state index contributed by atoms with van der Waals surface area (Å²) in [5, 5.41) is 0. The highest BCUT2D eigenvalue weighted by Gasteiger charge is 2.25. The van der Waals surface area contributed by atoms with E-state index in [0.717, 1.165) is 24.8 Å². The highest BCUT2D eigenvalue weighted by Crippen LogP contribution is 2.30. The molecule has 2 rings (SSSR count). The number of Topliss-reactive ketones (excluding diaryl/α,β-unsaturated/α-hetero) is 1. The van der Waals surface area contributed by atoms with Gasteiger partial charge in [-0.25, -0.2) is 0 Å². The zero-order valence-electron chi connectivity index (χ0n) is 9.07. The van der Waals surface area contributed by atoms with Crippen LogP contribution in [-0.2, 0) is 0 Å². The van der Waals surface area contributed by atoms with Crippen molar-refractivity contribution in [3.8, 4) is 0 Å². The molecular weight excluding hydrogens is 184 g/mol. The average molecular weight is 200 g/mol. The van der Waals surface area contributed by atoms with E-state index in [2.05, 4.69) is 13.0 Å². The largest absolute Gasteiger partial charge is 0.294 e. The van der Waals surface area contributed by atoms with Gasteiger partial charge in [0.25, 0.3) is 0 Å². The Labute approximate surface area is 90.8 Å². The molecule has 1 nitrogen and oxygen atoms in total. The van der Waals surface area contributed by atoms with E-state index >= 15 is 0 Å². The lowest BCUT2D eigenvalue weighted by Gasteiger charge is -2.12. The fourth-order valence-electron chi connectivity index (χ4n) is 2.26. The second-order valence-corrected chi connectivity index (χ2v) is 3.99. The average Bonchev–Trinajstić information content (AvgIpc) is 2.77. The van der Waals surface area contributed by atoms with E-state index in [1.165, 1.54) is 5.57 Å². The van der Waals surface area contributed by atoms with Gasteiger partial charge in [0.15, 0.2) is 5.78 Å². The van der Waals surface area contributed by atoms with Crippen molar-refractivity contribution in [3.63, 3.8) is 0 Å². The first-order chi connectivity index (χ1) is 7.33. The molecular formula is C14H16O. The van der Waals surface area contributed by atoms with E-state index in [1.807, 2.05) is 30.3 Å². The van der Waals surface area contributed by atoms with Gasteiger partial charge < -0.3 is 0 Å². The minimum absolute atomic E-state index is 0.150. The van der Waals surface area contributed by atoms with Gasteiger partial charge in [-0.05, 0) is 19.3 Å².